The summed E-state index contributed by atoms with van der Waals surface area (Å²) in [5.74, 6) is -1.56. The second-order valence-corrected chi connectivity index (χ2v) is 5.30. The Morgan fingerprint density at radius 1 is 1.41 bits per heavy atom. The van der Waals surface area contributed by atoms with E-state index >= 15 is 0 Å². The van der Waals surface area contributed by atoms with Crippen LogP contribution in [0.2, 0.25) is 0 Å². The third-order valence-electron chi connectivity index (χ3n) is 3.80. The number of amides is 2. The topological polar surface area (TPSA) is 61.4 Å². The van der Waals surface area contributed by atoms with Crippen molar-refractivity contribution >= 4 is 18.0 Å². The predicted octanol–water partition coefficient (Wildman–Crippen LogP) is 1.67. The summed E-state index contributed by atoms with van der Waals surface area (Å²) in [6, 6.07) is 7.87. The molecule has 0 saturated carbocycles. The summed E-state index contributed by atoms with van der Waals surface area (Å²) < 4.78 is 13.6. The van der Waals surface area contributed by atoms with Crippen molar-refractivity contribution in [3.05, 3.63) is 41.9 Å². The molecule has 22 heavy (non-hydrogen) atoms. The Morgan fingerprint density at radius 2 is 2.14 bits per heavy atom. The van der Waals surface area contributed by atoms with E-state index in [0.717, 1.165) is 37.8 Å². The quantitative estimate of drug-likeness (QED) is 0.642. The maximum Gasteiger partial charge on any atom is 0.287 e. The highest BCUT2D eigenvalue weighted by atomic mass is 19.1. The van der Waals surface area contributed by atoms with Crippen LogP contribution in [0, 0.1) is 0 Å². The van der Waals surface area contributed by atoms with Crippen LogP contribution in [-0.2, 0) is 9.59 Å². The van der Waals surface area contributed by atoms with E-state index in [1.807, 2.05) is 18.2 Å². The number of nitrogens with one attached hydrogen (secondary N) is 2. The summed E-state index contributed by atoms with van der Waals surface area (Å²) in [6.45, 7) is 2.01. The van der Waals surface area contributed by atoms with Crippen molar-refractivity contribution in [1.82, 2.24) is 10.6 Å². The second kappa shape index (κ2) is 7.70. The molecular formula is C16H20FN3O2. The first-order valence-corrected chi connectivity index (χ1v) is 7.27. The molecule has 0 aromatic heterocycles. The molecule has 2 amide bonds. The van der Waals surface area contributed by atoms with Gasteiger partial charge in [0.2, 0.25) is 12.2 Å². The summed E-state index contributed by atoms with van der Waals surface area (Å²) in [4.78, 5) is 22.9. The van der Waals surface area contributed by atoms with Crippen LogP contribution in [0.4, 0.5) is 10.1 Å². The van der Waals surface area contributed by atoms with Gasteiger partial charge in [0.25, 0.3) is 5.91 Å². The highest BCUT2D eigenvalue weighted by Crippen LogP contribution is 2.28. The number of rotatable bonds is 5. The maximum atomic E-state index is 13.6. The zero-order valence-electron chi connectivity index (χ0n) is 12.5. The van der Waals surface area contributed by atoms with Crippen molar-refractivity contribution in [2.45, 2.75) is 18.8 Å². The third-order valence-corrected chi connectivity index (χ3v) is 3.80. The van der Waals surface area contributed by atoms with Gasteiger partial charge in [-0.2, -0.15) is 4.39 Å². The number of halogens is 1. The first-order chi connectivity index (χ1) is 10.6. The van der Waals surface area contributed by atoms with Gasteiger partial charge in [-0.3, -0.25) is 14.9 Å². The van der Waals surface area contributed by atoms with Crippen molar-refractivity contribution in [2.24, 2.45) is 0 Å². The van der Waals surface area contributed by atoms with E-state index in [0.29, 0.717) is 5.92 Å². The number of carbonyl (C=O) groups excluding carboxylic acids is 2. The minimum Gasteiger partial charge on any atom is -0.348 e. The van der Waals surface area contributed by atoms with Crippen LogP contribution in [0.5, 0.6) is 0 Å². The molecule has 1 saturated heterocycles. The molecule has 1 aromatic carbocycles. The van der Waals surface area contributed by atoms with E-state index in [2.05, 4.69) is 11.4 Å². The predicted molar refractivity (Wildman–Crippen MR) is 83.1 cm³/mol. The van der Waals surface area contributed by atoms with Gasteiger partial charge in [-0.1, -0.05) is 12.1 Å². The fraction of sp³-hybridized carbons (Fsp3) is 0.375. The second-order valence-electron chi connectivity index (χ2n) is 5.30. The standard InChI is InChI=1S/C16H20FN3O2/c1-20(10-15(17)16(22)19-11-21)14-4-2-3-13(9-14)12-5-7-18-8-6-12/h2-4,9-12,18H,5-8H2,1H3,(H,19,21,22)/b15-10+. The zero-order valence-corrected chi connectivity index (χ0v) is 12.5. The van der Waals surface area contributed by atoms with Gasteiger partial charge in [0, 0.05) is 18.9 Å². The average Bonchev–Trinajstić information content (AvgIpc) is 2.56. The Morgan fingerprint density at radius 3 is 2.82 bits per heavy atom. The average molecular weight is 305 g/mol. The molecule has 1 aromatic rings. The lowest BCUT2D eigenvalue weighted by Gasteiger charge is -2.24. The summed E-state index contributed by atoms with van der Waals surface area (Å²) in [5, 5.41) is 5.10. The Balaban J connectivity index is 2.12. The van der Waals surface area contributed by atoms with E-state index in [1.165, 1.54) is 10.5 Å². The SMILES string of the molecule is CN(/C=C(/F)C(=O)NC=O)c1cccc(C2CCNCC2)c1. The van der Waals surface area contributed by atoms with Crippen LogP contribution in [0.25, 0.3) is 0 Å². The molecule has 118 valence electrons. The lowest BCUT2D eigenvalue weighted by atomic mass is 9.90. The summed E-state index contributed by atoms with van der Waals surface area (Å²) in [6.07, 6.45) is 3.39. The molecule has 1 heterocycles. The smallest absolute Gasteiger partial charge is 0.287 e. The maximum absolute atomic E-state index is 13.6. The lowest BCUT2D eigenvalue weighted by molar-refractivity contribution is -0.123. The van der Waals surface area contributed by atoms with Gasteiger partial charge in [0.15, 0.2) is 0 Å². The fourth-order valence-corrected chi connectivity index (χ4v) is 2.58. The minimum atomic E-state index is -1.05. The minimum absolute atomic E-state index is 0.160. The normalized spacial score (nSPS) is 16.2. The molecule has 2 rings (SSSR count). The van der Waals surface area contributed by atoms with E-state index < -0.39 is 11.7 Å². The first-order valence-electron chi connectivity index (χ1n) is 7.27. The molecule has 0 unspecified atom stereocenters. The molecule has 2 N–H and O–H groups in total. The van der Waals surface area contributed by atoms with Crippen LogP contribution >= 0.6 is 0 Å². The van der Waals surface area contributed by atoms with Crippen LogP contribution in [0.15, 0.2) is 36.3 Å². The number of benzene rings is 1. The van der Waals surface area contributed by atoms with Crippen LogP contribution in [0.3, 0.4) is 0 Å². The van der Waals surface area contributed by atoms with Gasteiger partial charge in [-0.05, 0) is 49.5 Å². The fourth-order valence-electron chi connectivity index (χ4n) is 2.58. The Hall–Kier alpha value is -2.21. The largest absolute Gasteiger partial charge is 0.348 e. The van der Waals surface area contributed by atoms with Gasteiger partial charge in [0.05, 0.1) is 0 Å². The van der Waals surface area contributed by atoms with Crippen LogP contribution in [-0.4, -0.2) is 32.5 Å². The molecule has 6 heteroatoms. The molecule has 0 radical (unpaired) electrons. The zero-order chi connectivity index (χ0) is 15.9. The van der Waals surface area contributed by atoms with Crippen LogP contribution < -0.4 is 15.5 Å². The van der Waals surface area contributed by atoms with Crippen molar-refractivity contribution in [3.63, 3.8) is 0 Å². The van der Waals surface area contributed by atoms with Gasteiger partial charge in [0.1, 0.15) is 0 Å². The summed E-state index contributed by atoms with van der Waals surface area (Å²) in [7, 11) is 1.66. The van der Waals surface area contributed by atoms with Crippen LogP contribution in [0.1, 0.15) is 24.3 Å². The molecule has 0 aliphatic carbocycles. The molecule has 1 aliphatic heterocycles. The molecule has 1 aliphatic rings. The Labute approximate surface area is 129 Å². The number of piperidine rings is 1. The summed E-state index contributed by atoms with van der Waals surface area (Å²) in [5.41, 5.74) is 2.02. The number of hydrogen-bond acceptors (Lipinski definition) is 4. The Kier molecular flexibility index (Phi) is 5.66. The molecule has 0 bridgehead atoms. The summed E-state index contributed by atoms with van der Waals surface area (Å²) >= 11 is 0. The monoisotopic (exact) mass is 305 g/mol. The van der Waals surface area contributed by atoms with Crippen molar-refractivity contribution < 1.29 is 14.0 Å². The first kappa shape index (κ1) is 16.2. The third kappa shape index (κ3) is 4.14. The highest BCUT2D eigenvalue weighted by Gasteiger charge is 2.16. The number of carbonyl (C=O) groups is 2. The molecule has 0 atom stereocenters. The number of nitrogens with zero attached hydrogens (tertiary/aromatic N) is 1. The van der Waals surface area contributed by atoms with Crippen molar-refractivity contribution in [2.75, 3.05) is 25.0 Å². The highest BCUT2D eigenvalue weighted by molar-refractivity contribution is 5.97. The van der Waals surface area contributed by atoms with Crippen molar-refractivity contribution in [1.29, 1.82) is 0 Å². The van der Waals surface area contributed by atoms with E-state index in [1.54, 1.807) is 12.4 Å². The Bertz CT molecular complexity index is 568. The lowest BCUT2D eigenvalue weighted by Crippen LogP contribution is -2.26. The number of imide groups is 1. The van der Waals surface area contributed by atoms with Crippen molar-refractivity contribution in [3.8, 4) is 0 Å². The number of anilines is 1. The van der Waals surface area contributed by atoms with E-state index in [9.17, 15) is 14.0 Å². The van der Waals surface area contributed by atoms with E-state index in [-0.39, 0.29) is 6.41 Å². The van der Waals surface area contributed by atoms with E-state index in [4.69, 9.17) is 0 Å². The molecule has 0 spiro atoms. The molecular weight excluding hydrogens is 285 g/mol. The van der Waals surface area contributed by atoms with Gasteiger partial charge < -0.3 is 10.2 Å². The molecule has 5 nitrogen and oxygen atoms in total. The van der Waals surface area contributed by atoms with Gasteiger partial charge in [-0.15, -0.1) is 0 Å². The van der Waals surface area contributed by atoms with Gasteiger partial charge >= 0.3 is 0 Å². The van der Waals surface area contributed by atoms with Gasteiger partial charge in [-0.25, -0.2) is 0 Å². The molecule has 1 fully saturated rings. The number of hydrogen-bond donors (Lipinski definition) is 2.